The molecule has 0 unspecified atom stereocenters. The van der Waals surface area contributed by atoms with E-state index in [2.05, 4.69) is 9.88 Å². The van der Waals surface area contributed by atoms with E-state index in [4.69, 9.17) is 9.15 Å². The summed E-state index contributed by atoms with van der Waals surface area (Å²) in [5.74, 6) is -0.0585. The molecule has 1 aromatic carbocycles. The molecule has 0 spiro atoms. The van der Waals surface area contributed by atoms with Crippen LogP contribution in [0.3, 0.4) is 0 Å². The highest BCUT2D eigenvalue weighted by atomic mass is 19.4. The average molecular weight is 383 g/mol. The number of likely N-dealkylation sites (tertiary alicyclic amines) is 1. The predicted molar refractivity (Wildman–Crippen MR) is 90.3 cm³/mol. The fourth-order valence-corrected chi connectivity index (χ4v) is 2.89. The van der Waals surface area contributed by atoms with E-state index in [-0.39, 0.29) is 29.8 Å². The first-order chi connectivity index (χ1) is 12.7. The van der Waals surface area contributed by atoms with E-state index < -0.39 is 11.7 Å². The van der Waals surface area contributed by atoms with Crippen LogP contribution in [0.15, 0.2) is 34.9 Å². The Morgan fingerprint density at radius 2 is 2.19 bits per heavy atom. The molecule has 2 heterocycles. The summed E-state index contributed by atoms with van der Waals surface area (Å²) < 4.78 is 48.7. The van der Waals surface area contributed by atoms with E-state index in [0.717, 1.165) is 18.6 Å². The lowest BCUT2D eigenvalue weighted by Gasteiger charge is -2.19. The number of aromatic nitrogens is 1. The van der Waals surface area contributed by atoms with Crippen LogP contribution in [0.1, 0.15) is 28.4 Å². The molecule has 27 heavy (non-hydrogen) atoms. The third-order valence-corrected chi connectivity index (χ3v) is 4.48. The second-order valence-corrected chi connectivity index (χ2v) is 6.60. The fourth-order valence-electron chi connectivity index (χ4n) is 2.89. The van der Waals surface area contributed by atoms with E-state index >= 15 is 0 Å². The van der Waals surface area contributed by atoms with Crippen LogP contribution in [0.5, 0.6) is 5.75 Å². The highest BCUT2D eigenvalue weighted by Crippen LogP contribution is 2.31. The lowest BCUT2D eigenvalue weighted by atomic mass is 10.2. The highest BCUT2D eigenvalue weighted by Gasteiger charge is 2.31. The normalized spacial score (nSPS) is 17.6. The third-order valence-electron chi connectivity index (χ3n) is 4.48. The molecule has 6 nitrogen and oxygen atoms in total. The number of alkyl halides is 3. The van der Waals surface area contributed by atoms with Gasteiger partial charge >= 0.3 is 6.18 Å². The highest BCUT2D eigenvalue weighted by molar-refractivity contribution is 5.92. The number of carbonyl (C=O) groups is 1. The van der Waals surface area contributed by atoms with Crippen LogP contribution < -0.4 is 4.74 Å². The number of amides is 1. The van der Waals surface area contributed by atoms with Gasteiger partial charge in [-0.05, 0) is 38.7 Å². The first-order valence-corrected chi connectivity index (χ1v) is 8.44. The molecule has 0 bridgehead atoms. The Hall–Kier alpha value is -2.55. The maximum Gasteiger partial charge on any atom is 0.416 e. The van der Waals surface area contributed by atoms with Gasteiger partial charge in [-0.2, -0.15) is 13.2 Å². The summed E-state index contributed by atoms with van der Waals surface area (Å²) in [6.07, 6.45) is -2.31. The average Bonchev–Trinajstić information content (AvgIpc) is 3.29. The summed E-state index contributed by atoms with van der Waals surface area (Å²) in [5.41, 5.74) is -0.634. The van der Waals surface area contributed by atoms with Gasteiger partial charge in [-0.1, -0.05) is 6.07 Å². The molecule has 1 aliphatic rings. The quantitative estimate of drug-likeness (QED) is 0.794. The van der Waals surface area contributed by atoms with Crippen LogP contribution in [0.2, 0.25) is 0 Å². The molecule has 1 aliphatic heterocycles. The summed E-state index contributed by atoms with van der Waals surface area (Å²) in [5, 5.41) is 0. The molecule has 0 radical (unpaired) electrons. The SMILES string of the molecule is CN(C)[C@@H]1CCN(C(=O)c2coc(COc3cccc(C(F)(F)F)c3)n2)C1. The zero-order valence-electron chi connectivity index (χ0n) is 15.0. The minimum atomic E-state index is -4.44. The molecular weight excluding hydrogens is 363 g/mol. The van der Waals surface area contributed by atoms with E-state index in [0.29, 0.717) is 19.1 Å². The molecule has 2 aromatic rings. The van der Waals surface area contributed by atoms with Gasteiger partial charge in [-0.3, -0.25) is 4.79 Å². The van der Waals surface area contributed by atoms with E-state index in [1.807, 2.05) is 14.1 Å². The van der Waals surface area contributed by atoms with E-state index in [1.54, 1.807) is 4.90 Å². The largest absolute Gasteiger partial charge is 0.484 e. The summed E-state index contributed by atoms with van der Waals surface area (Å²) in [7, 11) is 3.94. The minimum Gasteiger partial charge on any atom is -0.484 e. The Morgan fingerprint density at radius 3 is 2.85 bits per heavy atom. The molecule has 0 aliphatic carbocycles. The number of nitrogens with zero attached hydrogens (tertiary/aromatic N) is 3. The number of halogens is 3. The monoisotopic (exact) mass is 383 g/mol. The predicted octanol–water partition coefficient (Wildman–Crippen LogP) is 3.05. The number of carbonyl (C=O) groups excluding carboxylic acids is 1. The van der Waals surface area contributed by atoms with Crippen LogP contribution in [-0.2, 0) is 12.8 Å². The first kappa shape index (κ1) is 19.2. The fraction of sp³-hybridized carbons (Fsp3) is 0.444. The van der Waals surface area contributed by atoms with Crippen molar-refractivity contribution in [3.05, 3.63) is 47.7 Å². The Labute approximate surface area is 154 Å². The van der Waals surface area contributed by atoms with Crippen LogP contribution in [0.4, 0.5) is 13.2 Å². The van der Waals surface area contributed by atoms with Crippen molar-refractivity contribution < 1.29 is 27.1 Å². The number of benzene rings is 1. The summed E-state index contributed by atoms with van der Waals surface area (Å²) in [6, 6.07) is 4.85. The van der Waals surface area contributed by atoms with Crippen LogP contribution in [0, 0.1) is 0 Å². The van der Waals surface area contributed by atoms with Gasteiger partial charge in [0, 0.05) is 19.1 Å². The molecule has 1 atom stereocenters. The maximum absolute atomic E-state index is 12.7. The van der Waals surface area contributed by atoms with Gasteiger partial charge < -0.3 is 19.0 Å². The molecule has 3 rings (SSSR count). The van der Waals surface area contributed by atoms with Crippen molar-refractivity contribution in [1.82, 2.24) is 14.8 Å². The summed E-state index contributed by atoms with van der Waals surface area (Å²) >= 11 is 0. The number of oxazole rings is 1. The van der Waals surface area contributed by atoms with Gasteiger partial charge in [0.05, 0.1) is 5.56 Å². The van der Waals surface area contributed by atoms with Crippen LogP contribution >= 0.6 is 0 Å². The summed E-state index contributed by atoms with van der Waals surface area (Å²) in [4.78, 5) is 20.4. The molecule has 9 heteroatoms. The topological polar surface area (TPSA) is 58.8 Å². The number of hydrogen-bond acceptors (Lipinski definition) is 5. The maximum atomic E-state index is 12.7. The van der Waals surface area contributed by atoms with Crippen molar-refractivity contribution in [1.29, 1.82) is 0 Å². The molecule has 1 saturated heterocycles. The van der Waals surface area contributed by atoms with Gasteiger partial charge in [0.1, 0.15) is 12.0 Å². The molecule has 146 valence electrons. The van der Waals surface area contributed by atoms with Crippen molar-refractivity contribution in [2.24, 2.45) is 0 Å². The van der Waals surface area contributed by atoms with Crippen molar-refractivity contribution in [3.63, 3.8) is 0 Å². The number of ether oxygens (including phenoxy) is 1. The number of rotatable bonds is 5. The number of hydrogen-bond donors (Lipinski definition) is 0. The zero-order valence-corrected chi connectivity index (χ0v) is 15.0. The van der Waals surface area contributed by atoms with Crippen molar-refractivity contribution >= 4 is 5.91 Å². The molecule has 0 N–H and O–H groups in total. The minimum absolute atomic E-state index is 0.0456. The van der Waals surface area contributed by atoms with E-state index in [9.17, 15) is 18.0 Å². The van der Waals surface area contributed by atoms with E-state index in [1.165, 1.54) is 18.4 Å². The zero-order chi connectivity index (χ0) is 19.6. The van der Waals surface area contributed by atoms with Crippen molar-refractivity contribution in [3.8, 4) is 5.75 Å². The number of likely N-dealkylation sites (N-methyl/N-ethyl adjacent to an activating group) is 1. The van der Waals surface area contributed by atoms with Gasteiger partial charge in [-0.25, -0.2) is 4.98 Å². The summed E-state index contributed by atoms with van der Waals surface area (Å²) in [6.45, 7) is 1.09. The van der Waals surface area contributed by atoms with Gasteiger partial charge in [0.2, 0.25) is 5.89 Å². The van der Waals surface area contributed by atoms with Gasteiger partial charge in [-0.15, -0.1) is 0 Å². The van der Waals surface area contributed by atoms with Crippen molar-refractivity contribution in [2.45, 2.75) is 25.2 Å². The Kier molecular flexibility index (Phi) is 5.41. The lowest BCUT2D eigenvalue weighted by Crippen LogP contribution is -2.34. The van der Waals surface area contributed by atoms with Gasteiger partial charge in [0.25, 0.3) is 5.91 Å². The van der Waals surface area contributed by atoms with Crippen molar-refractivity contribution in [2.75, 3.05) is 27.2 Å². The molecule has 1 fully saturated rings. The Balaban J connectivity index is 1.59. The second kappa shape index (κ2) is 7.59. The molecule has 1 aromatic heterocycles. The van der Waals surface area contributed by atoms with Gasteiger partial charge in [0.15, 0.2) is 12.3 Å². The molecule has 1 amide bonds. The second-order valence-electron chi connectivity index (χ2n) is 6.60. The Morgan fingerprint density at radius 1 is 1.41 bits per heavy atom. The standard InChI is InChI=1S/C18H20F3N3O3/c1-23(2)13-6-7-24(9-13)17(25)15-10-27-16(22-15)11-26-14-5-3-4-12(8-14)18(19,20)21/h3-5,8,10,13H,6-7,9,11H2,1-2H3/t13-/m1/s1. The molecule has 0 saturated carbocycles. The third kappa shape index (κ3) is 4.60. The van der Waals surface area contributed by atoms with Crippen LogP contribution in [0.25, 0.3) is 0 Å². The lowest BCUT2D eigenvalue weighted by molar-refractivity contribution is -0.137. The molecular formula is C18H20F3N3O3. The Bertz CT molecular complexity index is 804. The first-order valence-electron chi connectivity index (χ1n) is 8.44. The van der Waals surface area contributed by atoms with Crippen LogP contribution in [-0.4, -0.2) is 53.9 Å². The smallest absolute Gasteiger partial charge is 0.416 e.